The Kier molecular flexibility index (Phi) is 4.47. The SMILES string of the molecule is Cc1nc(-c2ccccc2NC(=O)COC(C)C)n[nH]1. The lowest BCUT2D eigenvalue weighted by molar-refractivity contribution is -0.121. The summed E-state index contributed by atoms with van der Waals surface area (Å²) in [5.74, 6) is 1.09. The van der Waals surface area contributed by atoms with Crippen LogP contribution in [0.2, 0.25) is 0 Å². The van der Waals surface area contributed by atoms with Crippen molar-refractivity contribution in [1.82, 2.24) is 15.2 Å². The van der Waals surface area contributed by atoms with Crippen LogP contribution < -0.4 is 5.32 Å². The van der Waals surface area contributed by atoms with Crippen molar-refractivity contribution in [3.63, 3.8) is 0 Å². The molecule has 1 aromatic heterocycles. The van der Waals surface area contributed by atoms with Gasteiger partial charge in [-0.25, -0.2) is 4.98 Å². The lowest BCUT2D eigenvalue weighted by atomic mass is 10.1. The van der Waals surface area contributed by atoms with Crippen LogP contribution in [0.5, 0.6) is 0 Å². The average Bonchev–Trinajstić information content (AvgIpc) is 2.83. The van der Waals surface area contributed by atoms with Gasteiger partial charge < -0.3 is 10.1 Å². The van der Waals surface area contributed by atoms with E-state index in [1.165, 1.54) is 0 Å². The lowest BCUT2D eigenvalue weighted by Crippen LogP contribution is -2.21. The van der Waals surface area contributed by atoms with Crippen LogP contribution >= 0.6 is 0 Å². The summed E-state index contributed by atoms with van der Waals surface area (Å²) >= 11 is 0. The standard InChI is InChI=1S/C14H18N4O2/c1-9(2)20-8-13(19)16-12-7-5-4-6-11(12)14-15-10(3)17-18-14/h4-7,9H,8H2,1-3H3,(H,16,19)(H,15,17,18). The third kappa shape index (κ3) is 3.64. The molecule has 0 radical (unpaired) electrons. The number of hydrogen-bond donors (Lipinski definition) is 2. The predicted octanol–water partition coefficient (Wildman–Crippen LogP) is 2.14. The van der Waals surface area contributed by atoms with Gasteiger partial charge in [0.15, 0.2) is 5.82 Å². The Morgan fingerprint density at radius 1 is 1.40 bits per heavy atom. The number of nitrogens with zero attached hydrogens (tertiary/aromatic N) is 2. The molecule has 0 atom stereocenters. The third-order valence-corrected chi connectivity index (χ3v) is 2.59. The van der Waals surface area contributed by atoms with Crippen LogP contribution in [0.15, 0.2) is 24.3 Å². The number of hydrogen-bond acceptors (Lipinski definition) is 4. The summed E-state index contributed by atoms with van der Waals surface area (Å²) in [6.07, 6.45) is 0.0200. The molecule has 1 aromatic carbocycles. The number of amides is 1. The first kappa shape index (κ1) is 14.2. The normalized spacial score (nSPS) is 10.8. The lowest BCUT2D eigenvalue weighted by Gasteiger charge is -2.10. The van der Waals surface area contributed by atoms with E-state index in [4.69, 9.17) is 4.74 Å². The molecule has 2 aromatic rings. The number of aromatic amines is 1. The van der Waals surface area contributed by atoms with Crippen molar-refractivity contribution in [2.75, 3.05) is 11.9 Å². The second-order valence-electron chi connectivity index (χ2n) is 4.70. The number of para-hydroxylation sites is 1. The molecule has 1 heterocycles. The van der Waals surface area contributed by atoms with Crippen LogP contribution in [0.1, 0.15) is 19.7 Å². The Morgan fingerprint density at radius 3 is 2.80 bits per heavy atom. The first-order chi connectivity index (χ1) is 9.56. The van der Waals surface area contributed by atoms with Gasteiger partial charge in [-0.05, 0) is 32.9 Å². The number of carbonyl (C=O) groups excluding carboxylic acids is 1. The quantitative estimate of drug-likeness (QED) is 0.875. The van der Waals surface area contributed by atoms with E-state index in [0.29, 0.717) is 11.5 Å². The van der Waals surface area contributed by atoms with E-state index >= 15 is 0 Å². The maximum atomic E-state index is 11.8. The van der Waals surface area contributed by atoms with E-state index in [-0.39, 0.29) is 18.6 Å². The molecule has 6 heteroatoms. The van der Waals surface area contributed by atoms with Gasteiger partial charge in [-0.2, -0.15) is 5.10 Å². The van der Waals surface area contributed by atoms with Gasteiger partial charge in [-0.15, -0.1) is 0 Å². The van der Waals surface area contributed by atoms with Crippen LogP contribution in [-0.4, -0.2) is 33.8 Å². The third-order valence-electron chi connectivity index (χ3n) is 2.59. The summed E-state index contributed by atoms with van der Waals surface area (Å²) in [6.45, 7) is 5.63. The molecule has 0 bridgehead atoms. The number of carbonyl (C=O) groups is 1. The molecule has 0 saturated carbocycles. The first-order valence-electron chi connectivity index (χ1n) is 6.46. The zero-order valence-electron chi connectivity index (χ0n) is 11.8. The number of H-pyrrole nitrogens is 1. The van der Waals surface area contributed by atoms with Crippen molar-refractivity contribution >= 4 is 11.6 Å². The van der Waals surface area contributed by atoms with Gasteiger partial charge in [-0.1, -0.05) is 12.1 Å². The highest BCUT2D eigenvalue weighted by atomic mass is 16.5. The number of anilines is 1. The van der Waals surface area contributed by atoms with Crippen molar-refractivity contribution in [2.24, 2.45) is 0 Å². The summed E-state index contributed by atoms with van der Waals surface area (Å²) in [4.78, 5) is 16.1. The van der Waals surface area contributed by atoms with Crippen molar-refractivity contribution in [3.8, 4) is 11.4 Å². The zero-order valence-corrected chi connectivity index (χ0v) is 11.8. The predicted molar refractivity (Wildman–Crippen MR) is 76.3 cm³/mol. The number of rotatable bonds is 5. The summed E-state index contributed by atoms with van der Waals surface area (Å²) < 4.78 is 5.28. The number of benzene rings is 1. The minimum Gasteiger partial charge on any atom is -0.369 e. The van der Waals surface area contributed by atoms with Crippen LogP contribution in [0.25, 0.3) is 11.4 Å². The Balaban J connectivity index is 2.14. The molecule has 0 aliphatic heterocycles. The van der Waals surface area contributed by atoms with E-state index in [2.05, 4.69) is 20.5 Å². The Labute approximate surface area is 117 Å². The van der Waals surface area contributed by atoms with E-state index in [1.54, 1.807) is 0 Å². The second kappa shape index (κ2) is 6.29. The highest BCUT2D eigenvalue weighted by Crippen LogP contribution is 2.24. The number of nitrogens with one attached hydrogen (secondary N) is 2. The fourth-order valence-corrected chi connectivity index (χ4v) is 1.68. The van der Waals surface area contributed by atoms with Gasteiger partial charge in [0, 0.05) is 5.56 Å². The Hall–Kier alpha value is -2.21. The topological polar surface area (TPSA) is 79.9 Å². The van der Waals surface area contributed by atoms with E-state index in [0.717, 1.165) is 11.4 Å². The van der Waals surface area contributed by atoms with Gasteiger partial charge in [-0.3, -0.25) is 9.89 Å². The minimum absolute atomic E-state index is 0.0200. The van der Waals surface area contributed by atoms with Gasteiger partial charge in [0.25, 0.3) is 0 Å². The summed E-state index contributed by atoms with van der Waals surface area (Å²) in [6, 6.07) is 7.40. The molecule has 2 N–H and O–H groups in total. The fraction of sp³-hybridized carbons (Fsp3) is 0.357. The molecule has 20 heavy (non-hydrogen) atoms. The van der Waals surface area contributed by atoms with Crippen molar-refractivity contribution < 1.29 is 9.53 Å². The maximum Gasteiger partial charge on any atom is 0.250 e. The van der Waals surface area contributed by atoms with Crippen LogP contribution in [0, 0.1) is 6.92 Å². The largest absolute Gasteiger partial charge is 0.369 e. The fourth-order valence-electron chi connectivity index (χ4n) is 1.68. The summed E-state index contributed by atoms with van der Waals surface area (Å²) in [5, 5.41) is 9.71. The highest BCUT2D eigenvalue weighted by molar-refractivity contribution is 5.95. The maximum absolute atomic E-state index is 11.8. The molecular formula is C14H18N4O2. The molecule has 0 saturated heterocycles. The molecule has 1 amide bonds. The molecule has 2 rings (SSSR count). The molecule has 0 unspecified atom stereocenters. The molecule has 6 nitrogen and oxygen atoms in total. The Bertz CT molecular complexity index is 592. The van der Waals surface area contributed by atoms with Gasteiger partial charge in [0.1, 0.15) is 12.4 Å². The van der Waals surface area contributed by atoms with Crippen LogP contribution in [-0.2, 0) is 9.53 Å². The number of aryl methyl sites for hydroxylation is 1. The van der Waals surface area contributed by atoms with Crippen molar-refractivity contribution in [3.05, 3.63) is 30.1 Å². The van der Waals surface area contributed by atoms with E-state index in [1.807, 2.05) is 45.0 Å². The van der Waals surface area contributed by atoms with Gasteiger partial charge in [0.2, 0.25) is 5.91 Å². The summed E-state index contributed by atoms with van der Waals surface area (Å²) in [5.41, 5.74) is 1.44. The van der Waals surface area contributed by atoms with Crippen LogP contribution in [0.3, 0.4) is 0 Å². The highest BCUT2D eigenvalue weighted by Gasteiger charge is 2.11. The summed E-state index contributed by atoms with van der Waals surface area (Å²) in [7, 11) is 0. The monoisotopic (exact) mass is 274 g/mol. The smallest absolute Gasteiger partial charge is 0.250 e. The van der Waals surface area contributed by atoms with Crippen LogP contribution in [0.4, 0.5) is 5.69 Å². The minimum atomic E-state index is -0.196. The molecule has 0 aliphatic carbocycles. The van der Waals surface area contributed by atoms with Gasteiger partial charge >= 0.3 is 0 Å². The average molecular weight is 274 g/mol. The number of ether oxygens (including phenoxy) is 1. The van der Waals surface area contributed by atoms with E-state index in [9.17, 15) is 4.79 Å². The second-order valence-corrected chi connectivity index (χ2v) is 4.70. The van der Waals surface area contributed by atoms with Crippen molar-refractivity contribution in [1.29, 1.82) is 0 Å². The molecular weight excluding hydrogens is 256 g/mol. The van der Waals surface area contributed by atoms with Gasteiger partial charge in [0.05, 0.1) is 11.8 Å². The Morgan fingerprint density at radius 2 is 2.15 bits per heavy atom. The van der Waals surface area contributed by atoms with Crippen molar-refractivity contribution in [2.45, 2.75) is 26.9 Å². The zero-order chi connectivity index (χ0) is 14.5. The molecule has 0 fully saturated rings. The number of aromatic nitrogens is 3. The first-order valence-corrected chi connectivity index (χ1v) is 6.46. The van der Waals surface area contributed by atoms with E-state index < -0.39 is 0 Å². The molecule has 0 spiro atoms. The molecule has 0 aliphatic rings. The molecule has 106 valence electrons.